The van der Waals surface area contributed by atoms with Gasteiger partial charge in [0.1, 0.15) is 0 Å². The summed E-state index contributed by atoms with van der Waals surface area (Å²) < 4.78 is 0. The quantitative estimate of drug-likeness (QED) is 0.692. The normalized spacial score (nSPS) is 10.5. The Bertz CT molecular complexity index is 830. The summed E-state index contributed by atoms with van der Waals surface area (Å²) >= 11 is 6.17. The molecular formula is C17H13ClN2O. The predicted molar refractivity (Wildman–Crippen MR) is 87.8 cm³/mol. The van der Waals surface area contributed by atoms with Crippen molar-refractivity contribution in [1.29, 1.82) is 0 Å². The topological polar surface area (TPSA) is 55.1 Å². The van der Waals surface area contributed by atoms with Gasteiger partial charge in [-0.15, -0.1) is 0 Å². The van der Waals surface area contributed by atoms with Crippen molar-refractivity contribution in [2.75, 3.05) is 11.1 Å². The van der Waals surface area contributed by atoms with Gasteiger partial charge in [-0.05, 0) is 35.7 Å². The predicted octanol–water partition coefficient (Wildman–Crippen LogP) is 4.33. The summed E-state index contributed by atoms with van der Waals surface area (Å²) in [6.07, 6.45) is 0. The van der Waals surface area contributed by atoms with E-state index in [2.05, 4.69) is 5.32 Å². The van der Waals surface area contributed by atoms with Crippen molar-refractivity contribution in [3.8, 4) is 0 Å². The monoisotopic (exact) mass is 296 g/mol. The van der Waals surface area contributed by atoms with Gasteiger partial charge in [0.2, 0.25) is 0 Å². The molecule has 3 N–H and O–H groups in total. The lowest BCUT2D eigenvalue weighted by molar-refractivity contribution is 0.102. The molecule has 21 heavy (non-hydrogen) atoms. The van der Waals surface area contributed by atoms with E-state index in [0.717, 1.165) is 10.8 Å². The van der Waals surface area contributed by atoms with Gasteiger partial charge < -0.3 is 11.1 Å². The second kappa shape index (κ2) is 5.46. The number of benzene rings is 3. The maximum atomic E-state index is 12.5. The molecule has 3 rings (SSSR count). The van der Waals surface area contributed by atoms with Gasteiger partial charge in [-0.2, -0.15) is 0 Å². The van der Waals surface area contributed by atoms with E-state index in [0.29, 0.717) is 22.0 Å². The van der Waals surface area contributed by atoms with Crippen LogP contribution in [-0.2, 0) is 0 Å². The van der Waals surface area contributed by atoms with E-state index in [9.17, 15) is 4.79 Å². The highest BCUT2D eigenvalue weighted by Gasteiger charge is 2.11. The molecule has 4 heteroatoms. The summed E-state index contributed by atoms with van der Waals surface area (Å²) in [6, 6.07) is 18.1. The zero-order chi connectivity index (χ0) is 14.8. The lowest BCUT2D eigenvalue weighted by Crippen LogP contribution is -2.12. The van der Waals surface area contributed by atoms with Crippen molar-refractivity contribution < 1.29 is 4.79 Å². The maximum absolute atomic E-state index is 12.5. The average molecular weight is 297 g/mol. The summed E-state index contributed by atoms with van der Waals surface area (Å²) in [5, 5.41) is 5.17. The maximum Gasteiger partial charge on any atom is 0.256 e. The Hall–Kier alpha value is -2.52. The molecule has 0 heterocycles. The number of hydrogen-bond acceptors (Lipinski definition) is 2. The zero-order valence-electron chi connectivity index (χ0n) is 11.1. The van der Waals surface area contributed by atoms with Crippen molar-refractivity contribution in [1.82, 2.24) is 0 Å². The summed E-state index contributed by atoms with van der Waals surface area (Å²) in [5.41, 5.74) is 7.57. The van der Waals surface area contributed by atoms with E-state index in [4.69, 9.17) is 17.3 Å². The molecule has 0 fully saturated rings. The van der Waals surface area contributed by atoms with Crippen LogP contribution in [0.4, 0.5) is 11.4 Å². The van der Waals surface area contributed by atoms with Crippen LogP contribution in [0.3, 0.4) is 0 Å². The summed E-state index contributed by atoms with van der Waals surface area (Å²) in [7, 11) is 0. The molecule has 0 unspecified atom stereocenters. The van der Waals surface area contributed by atoms with Gasteiger partial charge >= 0.3 is 0 Å². The van der Waals surface area contributed by atoms with Crippen molar-refractivity contribution in [2.24, 2.45) is 0 Å². The molecule has 3 aromatic carbocycles. The first-order valence-corrected chi connectivity index (χ1v) is 6.87. The Labute approximate surface area is 127 Å². The number of nitrogens with two attached hydrogens (primary N) is 1. The number of carbonyl (C=O) groups is 1. The van der Waals surface area contributed by atoms with Gasteiger partial charge in [0.25, 0.3) is 5.91 Å². The highest BCUT2D eigenvalue weighted by molar-refractivity contribution is 6.36. The molecule has 0 radical (unpaired) electrons. The third-order valence-electron chi connectivity index (χ3n) is 3.26. The molecular weight excluding hydrogens is 284 g/mol. The van der Waals surface area contributed by atoms with Gasteiger partial charge in [0.15, 0.2) is 0 Å². The smallest absolute Gasteiger partial charge is 0.256 e. The lowest BCUT2D eigenvalue weighted by Gasteiger charge is -2.09. The summed E-state index contributed by atoms with van der Waals surface area (Å²) in [4.78, 5) is 12.5. The van der Waals surface area contributed by atoms with Gasteiger partial charge in [0.05, 0.1) is 0 Å². The lowest BCUT2D eigenvalue weighted by atomic mass is 10.0. The average Bonchev–Trinajstić information content (AvgIpc) is 2.47. The SMILES string of the molecule is Nc1cccc(NC(=O)c2cccc3c(Cl)cccc23)c1. The standard InChI is InChI=1S/C17H13ClN2O/c18-16-9-3-6-13-14(16)7-2-8-15(13)17(21)20-12-5-1-4-11(19)10-12/h1-10H,19H2,(H,20,21). The molecule has 3 aromatic rings. The van der Waals surface area contributed by atoms with E-state index < -0.39 is 0 Å². The second-order valence-corrected chi connectivity index (χ2v) is 5.13. The van der Waals surface area contributed by atoms with E-state index in [1.165, 1.54) is 0 Å². The Morgan fingerprint density at radius 1 is 0.952 bits per heavy atom. The molecule has 0 aromatic heterocycles. The minimum atomic E-state index is -0.187. The number of amides is 1. The van der Waals surface area contributed by atoms with Gasteiger partial charge in [0, 0.05) is 27.3 Å². The number of hydrogen-bond donors (Lipinski definition) is 2. The molecule has 1 amide bonds. The van der Waals surface area contributed by atoms with E-state index in [1.54, 1.807) is 30.3 Å². The first-order chi connectivity index (χ1) is 10.1. The first kappa shape index (κ1) is 13.5. The number of rotatable bonds is 2. The van der Waals surface area contributed by atoms with Crippen molar-refractivity contribution in [3.63, 3.8) is 0 Å². The Balaban J connectivity index is 2.00. The number of fused-ring (bicyclic) bond motifs is 1. The third-order valence-corrected chi connectivity index (χ3v) is 3.59. The molecule has 0 atom stereocenters. The molecule has 0 aliphatic carbocycles. The Morgan fingerprint density at radius 3 is 2.48 bits per heavy atom. The molecule has 0 spiro atoms. The largest absolute Gasteiger partial charge is 0.399 e. The Kier molecular flexibility index (Phi) is 3.50. The van der Waals surface area contributed by atoms with Gasteiger partial charge in [-0.1, -0.05) is 41.9 Å². The van der Waals surface area contributed by atoms with Crippen molar-refractivity contribution in [3.05, 3.63) is 71.2 Å². The molecule has 0 aliphatic heterocycles. The van der Waals surface area contributed by atoms with Crippen LogP contribution in [0.15, 0.2) is 60.7 Å². The second-order valence-electron chi connectivity index (χ2n) is 4.72. The molecule has 0 aliphatic rings. The van der Waals surface area contributed by atoms with Crippen LogP contribution in [0.1, 0.15) is 10.4 Å². The molecule has 104 valence electrons. The first-order valence-electron chi connectivity index (χ1n) is 6.49. The summed E-state index contributed by atoms with van der Waals surface area (Å²) in [5.74, 6) is -0.187. The van der Waals surface area contributed by atoms with Crippen LogP contribution < -0.4 is 11.1 Å². The van der Waals surface area contributed by atoms with Gasteiger partial charge in [-0.25, -0.2) is 0 Å². The zero-order valence-corrected chi connectivity index (χ0v) is 11.9. The van der Waals surface area contributed by atoms with Crippen molar-refractivity contribution in [2.45, 2.75) is 0 Å². The van der Waals surface area contributed by atoms with Crippen LogP contribution in [0.25, 0.3) is 10.8 Å². The number of halogens is 1. The minimum absolute atomic E-state index is 0.187. The van der Waals surface area contributed by atoms with Crippen LogP contribution in [-0.4, -0.2) is 5.91 Å². The van der Waals surface area contributed by atoms with E-state index in [1.807, 2.05) is 30.3 Å². The van der Waals surface area contributed by atoms with Crippen LogP contribution >= 0.6 is 11.6 Å². The third kappa shape index (κ3) is 2.69. The van der Waals surface area contributed by atoms with Crippen LogP contribution in [0.5, 0.6) is 0 Å². The fourth-order valence-electron chi connectivity index (χ4n) is 2.28. The van der Waals surface area contributed by atoms with Crippen LogP contribution in [0.2, 0.25) is 5.02 Å². The molecule has 0 saturated carbocycles. The highest BCUT2D eigenvalue weighted by atomic mass is 35.5. The van der Waals surface area contributed by atoms with Crippen LogP contribution in [0, 0.1) is 0 Å². The molecule has 0 saturated heterocycles. The number of carbonyl (C=O) groups excluding carboxylic acids is 1. The highest BCUT2D eigenvalue weighted by Crippen LogP contribution is 2.26. The number of nitrogens with one attached hydrogen (secondary N) is 1. The Morgan fingerprint density at radius 2 is 1.67 bits per heavy atom. The summed E-state index contributed by atoms with van der Waals surface area (Å²) in [6.45, 7) is 0. The van der Waals surface area contributed by atoms with Crippen molar-refractivity contribution >= 4 is 39.7 Å². The fraction of sp³-hybridized carbons (Fsp3) is 0. The molecule has 3 nitrogen and oxygen atoms in total. The van der Waals surface area contributed by atoms with E-state index >= 15 is 0 Å². The molecule has 0 bridgehead atoms. The minimum Gasteiger partial charge on any atom is -0.399 e. The number of anilines is 2. The number of nitrogen functional groups attached to an aromatic ring is 1. The fourth-order valence-corrected chi connectivity index (χ4v) is 2.52. The van der Waals surface area contributed by atoms with E-state index in [-0.39, 0.29) is 5.91 Å². The van der Waals surface area contributed by atoms with Gasteiger partial charge in [-0.3, -0.25) is 4.79 Å².